The zero-order chi connectivity index (χ0) is 15.6. The second-order valence-electron chi connectivity index (χ2n) is 6.31. The normalized spacial score (nSPS) is 17.3. The molecule has 0 aliphatic heterocycles. The first kappa shape index (κ1) is 15.8. The molecule has 1 aromatic rings. The molecule has 0 aromatic heterocycles. The SMILES string of the molecule is Cc1ccc(C)c(OCCC(C)(NC2CC2)C(=O)O)c1C. The molecule has 4 heteroatoms. The van der Waals surface area contributed by atoms with Crippen LogP contribution < -0.4 is 10.1 Å². The summed E-state index contributed by atoms with van der Waals surface area (Å²) in [4.78, 5) is 11.5. The second-order valence-corrected chi connectivity index (χ2v) is 6.31. The van der Waals surface area contributed by atoms with Crippen LogP contribution in [-0.4, -0.2) is 29.3 Å². The molecule has 0 bridgehead atoms. The monoisotopic (exact) mass is 291 g/mol. The summed E-state index contributed by atoms with van der Waals surface area (Å²) < 4.78 is 5.89. The maximum absolute atomic E-state index is 11.5. The fraction of sp³-hybridized carbons (Fsp3) is 0.588. The molecule has 1 unspecified atom stereocenters. The van der Waals surface area contributed by atoms with Crippen LogP contribution in [0.3, 0.4) is 0 Å². The number of benzene rings is 1. The summed E-state index contributed by atoms with van der Waals surface area (Å²) >= 11 is 0. The zero-order valence-electron chi connectivity index (χ0n) is 13.3. The van der Waals surface area contributed by atoms with Gasteiger partial charge in [-0.2, -0.15) is 0 Å². The third-order valence-corrected chi connectivity index (χ3v) is 4.29. The van der Waals surface area contributed by atoms with Gasteiger partial charge >= 0.3 is 5.97 Å². The fourth-order valence-corrected chi connectivity index (χ4v) is 2.42. The highest BCUT2D eigenvalue weighted by atomic mass is 16.5. The van der Waals surface area contributed by atoms with Crippen molar-refractivity contribution in [2.24, 2.45) is 0 Å². The van der Waals surface area contributed by atoms with E-state index in [1.807, 2.05) is 19.9 Å². The van der Waals surface area contributed by atoms with Crippen molar-refractivity contribution in [3.8, 4) is 5.75 Å². The van der Waals surface area contributed by atoms with Gasteiger partial charge in [-0.1, -0.05) is 12.1 Å². The third-order valence-electron chi connectivity index (χ3n) is 4.29. The zero-order valence-corrected chi connectivity index (χ0v) is 13.3. The highest BCUT2D eigenvalue weighted by Crippen LogP contribution is 2.27. The Bertz CT molecular complexity index is 537. The molecular formula is C17H25NO3. The van der Waals surface area contributed by atoms with Crippen LogP contribution in [0.1, 0.15) is 42.9 Å². The average molecular weight is 291 g/mol. The fourth-order valence-electron chi connectivity index (χ4n) is 2.42. The van der Waals surface area contributed by atoms with Gasteiger partial charge in [-0.05, 0) is 57.2 Å². The Morgan fingerprint density at radius 3 is 2.52 bits per heavy atom. The molecule has 21 heavy (non-hydrogen) atoms. The molecule has 1 aliphatic carbocycles. The third kappa shape index (κ3) is 3.76. The van der Waals surface area contributed by atoms with Crippen molar-refractivity contribution in [3.05, 3.63) is 28.8 Å². The van der Waals surface area contributed by atoms with Crippen molar-refractivity contribution >= 4 is 5.97 Å². The summed E-state index contributed by atoms with van der Waals surface area (Å²) in [7, 11) is 0. The molecule has 1 aromatic carbocycles. The molecule has 4 nitrogen and oxygen atoms in total. The molecule has 0 spiro atoms. The summed E-state index contributed by atoms with van der Waals surface area (Å²) in [6.07, 6.45) is 2.59. The van der Waals surface area contributed by atoms with Crippen molar-refractivity contribution < 1.29 is 14.6 Å². The standard InChI is InChI=1S/C17H25NO3/c1-11-5-6-12(2)15(13(11)3)21-10-9-17(4,16(19)20)18-14-7-8-14/h5-6,14,18H,7-10H2,1-4H3,(H,19,20). The smallest absolute Gasteiger partial charge is 0.323 e. The Labute approximate surface area is 126 Å². The van der Waals surface area contributed by atoms with Crippen LogP contribution >= 0.6 is 0 Å². The Morgan fingerprint density at radius 1 is 1.33 bits per heavy atom. The summed E-state index contributed by atoms with van der Waals surface area (Å²) in [6.45, 7) is 8.25. The maximum Gasteiger partial charge on any atom is 0.323 e. The van der Waals surface area contributed by atoms with Crippen LogP contribution in [0.5, 0.6) is 5.75 Å². The van der Waals surface area contributed by atoms with Gasteiger partial charge < -0.3 is 9.84 Å². The van der Waals surface area contributed by atoms with Crippen molar-refractivity contribution in [2.75, 3.05) is 6.61 Å². The molecule has 1 fully saturated rings. The van der Waals surface area contributed by atoms with Crippen LogP contribution in [0.25, 0.3) is 0 Å². The van der Waals surface area contributed by atoms with E-state index >= 15 is 0 Å². The van der Waals surface area contributed by atoms with E-state index in [4.69, 9.17) is 4.74 Å². The average Bonchev–Trinajstić information content (AvgIpc) is 3.22. The minimum Gasteiger partial charge on any atom is -0.493 e. The molecule has 0 radical (unpaired) electrons. The second kappa shape index (κ2) is 6.06. The lowest BCUT2D eigenvalue weighted by Crippen LogP contribution is -2.51. The molecule has 2 N–H and O–H groups in total. The van der Waals surface area contributed by atoms with Gasteiger partial charge in [0.2, 0.25) is 0 Å². The largest absolute Gasteiger partial charge is 0.493 e. The number of aliphatic carboxylic acids is 1. The van der Waals surface area contributed by atoms with Crippen LogP contribution in [-0.2, 0) is 4.79 Å². The van der Waals surface area contributed by atoms with Crippen molar-refractivity contribution in [3.63, 3.8) is 0 Å². The number of hydrogen-bond acceptors (Lipinski definition) is 3. The van der Waals surface area contributed by atoms with E-state index in [0.717, 1.165) is 29.7 Å². The van der Waals surface area contributed by atoms with E-state index in [1.165, 1.54) is 5.56 Å². The van der Waals surface area contributed by atoms with Crippen molar-refractivity contribution in [2.45, 2.75) is 58.5 Å². The summed E-state index contributed by atoms with van der Waals surface area (Å²) in [5.41, 5.74) is 2.49. The molecule has 1 aliphatic rings. The van der Waals surface area contributed by atoms with Gasteiger partial charge in [0, 0.05) is 12.5 Å². The Hall–Kier alpha value is -1.55. The number of carboxylic acid groups (broad SMARTS) is 1. The highest BCUT2D eigenvalue weighted by Gasteiger charge is 2.38. The summed E-state index contributed by atoms with van der Waals surface area (Å²) in [5, 5.41) is 12.7. The number of ether oxygens (including phenoxy) is 1. The first-order valence-electron chi connectivity index (χ1n) is 7.54. The number of carbonyl (C=O) groups is 1. The van der Waals surface area contributed by atoms with Crippen LogP contribution in [0.4, 0.5) is 0 Å². The van der Waals surface area contributed by atoms with Gasteiger partial charge in [-0.25, -0.2) is 0 Å². The van der Waals surface area contributed by atoms with Gasteiger partial charge in [0.15, 0.2) is 0 Å². The quantitative estimate of drug-likeness (QED) is 0.811. The van der Waals surface area contributed by atoms with Gasteiger partial charge in [0.05, 0.1) is 6.61 Å². The first-order valence-corrected chi connectivity index (χ1v) is 7.54. The predicted octanol–water partition coefficient (Wildman–Crippen LogP) is 2.98. The predicted molar refractivity (Wildman–Crippen MR) is 83.0 cm³/mol. The number of rotatable bonds is 7. The molecule has 0 amide bonds. The molecule has 2 rings (SSSR count). The van der Waals surface area contributed by atoms with E-state index in [1.54, 1.807) is 6.92 Å². The van der Waals surface area contributed by atoms with E-state index in [-0.39, 0.29) is 0 Å². The Kier molecular flexibility index (Phi) is 4.57. The highest BCUT2D eigenvalue weighted by molar-refractivity contribution is 5.78. The molecule has 0 heterocycles. The molecule has 0 saturated heterocycles. The summed E-state index contributed by atoms with van der Waals surface area (Å²) in [5.74, 6) is 0.0739. The van der Waals surface area contributed by atoms with E-state index in [9.17, 15) is 9.90 Å². The molecule has 1 saturated carbocycles. The number of aryl methyl sites for hydroxylation is 2. The van der Waals surface area contributed by atoms with Gasteiger partial charge in [-0.15, -0.1) is 0 Å². The Balaban J connectivity index is 1.99. The van der Waals surface area contributed by atoms with E-state index in [0.29, 0.717) is 19.1 Å². The minimum absolute atomic E-state index is 0.355. The van der Waals surface area contributed by atoms with Crippen LogP contribution in [0.2, 0.25) is 0 Å². The topological polar surface area (TPSA) is 58.6 Å². The Morgan fingerprint density at radius 2 is 1.95 bits per heavy atom. The van der Waals surface area contributed by atoms with Crippen LogP contribution in [0.15, 0.2) is 12.1 Å². The van der Waals surface area contributed by atoms with Gasteiger partial charge in [0.1, 0.15) is 11.3 Å². The minimum atomic E-state index is -0.910. The lowest BCUT2D eigenvalue weighted by Gasteiger charge is -2.26. The number of carboxylic acids is 1. The van der Waals surface area contributed by atoms with Gasteiger partial charge in [-0.3, -0.25) is 10.1 Å². The number of hydrogen-bond donors (Lipinski definition) is 2. The molecule has 1 atom stereocenters. The van der Waals surface area contributed by atoms with Crippen LogP contribution in [0, 0.1) is 20.8 Å². The maximum atomic E-state index is 11.5. The lowest BCUT2D eigenvalue weighted by atomic mass is 9.98. The van der Waals surface area contributed by atoms with Gasteiger partial charge in [0.25, 0.3) is 0 Å². The van der Waals surface area contributed by atoms with Crippen molar-refractivity contribution in [1.29, 1.82) is 0 Å². The van der Waals surface area contributed by atoms with E-state index in [2.05, 4.69) is 18.3 Å². The van der Waals surface area contributed by atoms with E-state index < -0.39 is 11.5 Å². The molecular weight excluding hydrogens is 266 g/mol. The summed E-state index contributed by atoms with van der Waals surface area (Å²) in [6, 6.07) is 4.47. The first-order chi connectivity index (χ1) is 9.83. The van der Waals surface area contributed by atoms with Crippen molar-refractivity contribution in [1.82, 2.24) is 5.32 Å². The lowest BCUT2D eigenvalue weighted by molar-refractivity contribution is -0.144. The molecule has 116 valence electrons. The number of nitrogens with one attached hydrogen (secondary N) is 1.